The molecule has 0 N–H and O–H groups in total. The van der Waals surface area contributed by atoms with Crippen molar-refractivity contribution >= 4 is 17.5 Å². The monoisotopic (exact) mass is 324 g/mol. The van der Waals surface area contributed by atoms with Crippen LogP contribution < -0.4 is 4.90 Å². The second-order valence-corrected chi connectivity index (χ2v) is 5.90. The number of nitrogens with zero attached hydrogens (tertiary/aromatic N) is 2. The van der Waals surface area contributed by atoms with Crippen molar-refractivity contribution < 1.29 is 9.59 Å². The summed E-state index contributed by atoms with van der Waals surface area (Å²) < 4.78 is 0. The van der Waals surface area contributed by atoms with E-state index in [9.17, 15) is 9.59 Å². The Hall–Kier alpha value is -2.62. The molecule has 2 amide bonds. The SMILES string of the molecule is CCN(C(=O)C(=O)N(Cc1ccccc1)C(C)C)c1ccccc1. The summed E-state index contributed by atoms with van der Waals surface area (Å²) in [4.78, 5) is 28.7. The number of rotatable bonds is 5. The molecule has 0 aliphatic rings. The van der Waals surface area contributed by atoms with Crippen LogP contribution in [0.2, 0.25) is 0 Å². The molecule has 2 aromatic carbocycles. The molecule has 0 saturated heterocycles. The fourth-order valence-electron chi connectivity index (χ4n) is 2.56. The molecule has 0 unspecified atom stereocenters. The lowest BCUT2D eigenvalue weighted by Gasteiger charge is -2.29. The number of anilines is 1. The van der Waals surface area contributed by atoms with Crippen LogP contribution in [0.3, 0.4) is 0 Å². The highest BCUT2D eigenvalue weighted by atomic mass is 16.2. The van der Waals surface area contributed by atoms with Crippen molar-refractivity contribution in [1.29, 1.82) is 0 Å². The molecule has 0 radical (unpaired) electrons. The van der Waals surface area contributed by atoms with E-state index < -0.39 is 11.8 Å². The van der Waals surface area contributed by atoms with Crippen molar-refractivity contribution in [2.75, 3.05) is 11.4 Å². The van der Waals surface area contributed by atoms with E-state index in [0.29, 0.717) is 13.1 Å². The molecule has 0 heterocycles. The maximum absolute atomic E-state index is 12.8. The first-order valence-electron chi connectivity index (χ1n) is 8.26. The maximum atomic E-state index is 12.8. The molecule has 2 rings (SSSR count). The highest BCUT2D eigenvalue weighted by Crippen LogP contribution is 2.16. The topological polar surface area (TPSA) is 40.6 Å². The number of amides is 2. The van der Waals surface area contributed by atoms with E-state index in [0.717, 1.165) is 11.3 Å². The molecule has 0 aliphatic heterocycles. The highest BCUT2D eigenvalue weighted by Gasteiger charge is 2.28. The van der Waals surface area contributed by atoms with E-state index in [2.05, 4.69) is 0 Å². The summed E-state index contributed by atoms with van der Waals surface area (Å²) in [6, 6.07) is 19.0. The van der Waals surface area contributed by atoms with Crippen molar-refractivity contribution in [2.24, 2.45) is 0 Å². The normalized spacial score (nSPS) is 10.5. The fourth-order valence-corrected chi connectivity index (χ4v) is 2.56. The van der Waals surface area contributed by atoms with Gasteiger partial charge in [-0.3, -0.25) is 9.59 Å². The van der Waals surface area contributed by atoms with Gasteiger partial charge < -0.3 is 9.80 Å². The second kappa shape index (κ2) is 8.29. The van der Waals surface area contributed by atoms with Gasteiger partial charge in [0.2, 0.25) is 0 Å². The maximum Gasteiger partial charge on any atom is 0.316 e. The van der Waals surface area contributed by atoms with E-state index in [1.807, 2.05) is 81.4 Å². The Labute approximate surface area is 143 Å². The predicted molar refractivity (Wildman–Crippen MR) is 96.6 cm³/mol. The van der Waals surface area contributed by atoms with Crippen LogP contribution in [0.5, 0.6) is 0 Å². The van der Waals surface area contributed by atoms with Gasteiger partial charge in [0, 0.05) is 24.8 Å². The number of hydrogen-bond donors (Lipinski definition) is 0. The summed E-state index contributed by atoms with van der Waals surface area (Å²) in [6.45, 7) is 6.59. The van der Waals surface area contributed by atoms with E-state index in [4.69, 9.17) is 0 Å². The molecule has 0 bridgehead atoms. The summed E-state index contributed by atoms with van der Waals surface area (Å²) in [5.41, 5.74) is 1.75. The fraction of sp³-hybridized carbons (Fsp3) is 0.300. The van der Waals surface area contributed by atoms with Crippen LogP contribution in [0.15, 0.2) is 60.7 Å². The zero-order valence-corrected chi connectivity index (χ0v) is 14.5. The van der Waals surface area contributed by atoms with E-state index in [-0.39, 0.29) is 6.04 Å². The molecular weight excluding hydrogens is 300 g/mol. The molecule has 0 atom stereocenters. The van der Waals surface area contributed by atoms with Crippen molar-refractivity contribution in [3.8, 4) is 0 Å². The lowest BCUT2D eigenvalue weighted by molar-refractivity contribution is -0.146. The minimum Gasteiger partial charge on any atom is -0.328 e. The van der Waals surface area contributed by atoms with E-state index in [1.54, 1.807) is 4.90 Å². The molecule has 4 nitrogen and oxygen atoms in total. The van der Waals surface area contributed by atoms with Gasteiger partial charge in [-0.2, -0.15) is 0 Å². The Kier molecular flexibility index (Phi) is 6.13. The zero-order chi connectivity index (χ0) is 17.5. The van der Waals surface area contributed by atoms with Gasteiger partial charge in [-0.1, -0.05) is 48.5 Å². The Balaban J connectivity index is 2.20. The molecule has 24 heavy (non-hydrogen) atoms. The quantitative estimate of drug-likeness (QED) is 0.790. The number of hydrogen-bond acceptors (Lipinski definition) is 2. The molecule has 0 fully saturated rings. The van der Waals surface area contributed by atoms with Crippen LogP contribution >= 0.6 is 0 Å². The van der Waals surface area contributed by atoms with Crippen molar-refractivity contribution in [3.05, 3.63) is 66.2 Å². The van der Waals surface area contributed by atoms with Crippen LogP contribution in [-0.2, 0) is 16.1 Å². The van der Waals surface area contributed by atoms with Crippen molar-refractivity contribution in [1.82, 2.24) is 4.90 Å². The second-order valence-electron chi connectivity index (χ2n) is 5.90. The number of para-hydroxylation sites is 1. The first-order chi connectivity index (χ1) is 11.5. The molecule has 126 valence electrons. The zero-order valence-electron chi connectivity index (χ0n) is 14.5. The predicted octanol–water partition coefficient (Wildman–Crippen LogP) is 3.48. The standard InChI is InChI=1S/C20H24N2O2/c1-4-21(18-13-9-6-10-14-18)19(23)20(24)22(16(2)3)15-17-11-7-5-8-12-17/h5-14,16H,4,15H2,1-3H3. The van der Waals surface area contributed by atoms with Gasteiger partial charge in [-0.15, -0.1) is 0 Å². The van der Waals surface area contributed by atoms with Crippen LogP contribution in [-0.4, -0.2) is 29.3 Å². The summed E-state index contributed by atoms with van der Waals surface area (Å²) in [6.07, 6.45) is 0. The minimum atomic E-state index is -0.492. The Morgan fingerprint density at radius 2 is 1.42 bits per heavy atom. The molecule has 0 aliphatic carbocycles. The lowest BCUT2D eigenvalue weighted by atomic mass is 10.2. The average Bonchev–Trinajstić information content (AvgIpc) is 2.61. The summed E-state index contributed by atoms with van der Waals surface area (Å²) in [5.74, 6) is -0.965. The van der Waals surface area contributed by atoms with Gasteiger partial charge in [0.05, 0.1) is 0 Å². The Morgan fingerprint density at radius 3 is 1.92 bits per heavy atom. The largest absolute Gasteiger partial charge is 0.328 e. The molecule has 0 saturated carbocycles. The number of benzene rings is 2. The van der Waals surface area contributed by atoms with Crippen molar-refractivity contribution in [2.45, 2.75) is 33.4 Å². The van der Waals surface area contributed by atoms with Gasteiger partial charge >= 0.3 is 11.8 Å². The van der Waals surface area contributed by atoms with Gasteiger partial charge in [-0.25, -0.2) is 0 Å². The first-order valence-corrected chi connectivity index (χ1v) is 8.26. The third-order valence-electron chi connectivity index (χ3n) is 3.89. The first kappa shape index (κ1) is 17.7. The third kappa shape index (κ3) is 4.22. The Morgan fingerprint density at radius 1 is 0.875 bits per heavy atom. The minimum absolute atomic E-state index is 0.0591. The van der Waals surface area contributed by atoms with Gasteiger partial charge in [0.15, 0.2) is 0 Å². The molecule has 4 heteroatoms. The van der Waals surface area contributed by atoms with Gasteiger partial charge in [-0.05, 0) is 38.5 Å². The van der Waals surface area contributed by atoms with Crippen LogP contribution in [0.4, 0.5) is 5.69 Å². The lowest BCUT2D eigenvalue weighted by Crippen LogP contribution is -2.47. The Bertz CT molecular complexity index is 669. The molecular formula is C20H24N2O2. The number of likely N-dealkylation sites (N-methyl/N-ethyl adjacent to an activating group) is 1. The van der Waals surface area contributed by atoms with E-state index in [1.165, 1.54) is 4.90 Å². The van der Waals surface area contributed by atoms with E-state index >= 15 is 0 Å². The van der Waals surface area contributed by atoms with Crippen LogP contribution in [0.1, 0.15) is 26.3 Å². The summed E-state index contributed by atoms with van der Waals surface area (Å²) in [5, 5.41) is 0. The van der Waals surface area contributed by atoms with Crippen LogP contribution in [0.25, 0.3) is 0 Å². The molecule has 0 aromatic heterocycles. The smallest absolute Gasteiger partial charge is 0.316 e. The molecule has 2 aromatic rings. The molecule has 0 spiro atoms. The van der Waals surface area contributed by atoms with Gasteiger partial charge in [0.25, 0.3) is 0 Å². The average molecular weight is 324 g/mol. The summed E-state index contributed by atoms with van der Waals surface area (Å²) in [7, 11) is 0. The number of carbonyl (C=O) groups is 2. The van der Waals surface area contributed by atoms with Crippen molar-refractivity contribution in [3.63, 3.8) is 0 Å². The summed E-state index contributed by atoms with van der Waals surface area (Å²) >= 11 is 0. The van der Waals surface area contributed by atoms with Gasteiger partial charge in [0.1, 0.15) is 0 Å². The van der Waals surface area contributed by atoms with Crippen LogP contribution in [0, 0.1) is 0 Å². The third-order valence-corrected chi connectivity index (χ3v) is 3.89. The highest BCUT2D eigenvalue weighted by molar-refractivity contribution is 6.40. The number of carbonyl (C=O) groups excluding carboxylic acids is 2.